The van der Waals surface area contributed by atoms with Crippen molar-refractivity contribution in [3.05, 3.63) is 63.2 Å². The maximum atomic E-state index is 13.4. The number of amides is 2. The zero-order chi connectivity index (χ0) is 25.2. The van der Waals surface area contributed by atoms with Crippen LogP contribution in [0.25, 0.3) is 0 Å². The van der Waals surface area contributed by atoms with Crippen molar-refractivity contribution < 1.29 is 34.2 Å². The first kappa shape index (κ1) is 23.2. The number of likely N-dealkylation sites (tertiary alicyclic amines) is 1. The van der Waals surface area contributed by atoms with Crippen LogP contribution in [0.3, 0.4) is 0 Å². The third-order valence-corrected chi connectivity index (χ3v) is 7.74. The van der Waals surface area contributed by atoms with Crippen LogP contribution < -0.4 is 0 Å². The number of rotatable bonds is 4. The van der Waals surface area contributed by atoms with Crippen LogP contribution in [0.4, 0.5) is 0 Å². The molecule has 1 aromatic carbocycles. The van der Waals surface area contributed by atoms with Crippen LogP contribution in [-0.4, -0.2) is 51.0 Å². The molecule has 0 saturated carbocycles. The first-order valence-electron chi connectivity index (χ1n) is 11.4. The number of carbonyl (C=O) groups excluding carboxylic acids is 4. The zero-order valence-corrected chi connectivity index (χ0v) is 19.5. The minimum absolute atomic E-state index is 0.0987. The molecule has 4 atom stereocenters. The van der Waals surface area contributed by atoms with Crippen LogP contribution in [0, 0.1) is 17.8 Å². The number of imide groups is 1. The number of halogens is 1. The third-order valence-electron chi connectivity index (χ3n) is 7.50. The van der Waals surface area contributed by atoms with E-state index in [1.807, 2.05) is 6.08 Å². The van der Waals surface area contributed by atoms with Crippen molar-refractivity contribution in [3.8, 4) is 5.75 Å². The Morgan fingerprint density at radius 2 is 1.89 bits per heavy atom. The van der Waals surface area contributed by atoms with E-state index in [0.717, 1.165) is 4.90 Å². The van der Waals surface area contributed by atoms with E-state index in [1.165, 1.54) is 18.2 Å². The summed E-state index contributed by atoms with van der Waals surface area (Å²) in [5.41, 5.74) is 1.88. The topological polar surface area (TPSA) is 129 Å². The number of aliphatic carboxylic acids is 1. The minimum Gasteiger partial charge on any atom is -0.508 e. The van der Waals surface area contributed by atoms with E-state index in [0.29, 0.717) is 21.7 Å². The van der Waals surface area contributed by atoms with Crippen molar-refractivity contribution in [1.29, 1.82) is 0 Å². The number of nitrogens with zero attached hydrogens (tertiary/aromatic N) is 1. The van der Waals surface area contributed by atoms with Gasteiger partial charge < -0.3 is 10.2 Å². The second kappa shape index (κ2) is 8.30. The van der Waals surface area contributed by atoms with E-state index in [9.17, 15) is 29.1 Å². The molecular weight excluding hydrogens is 474 g/mol. The molecule has 0 spiro atoms. The molecule has 9 heteroatoms. The number of carboxylic acid groups (broad SMARTS) is 1. The highest BCUT2D eigenvalue weighted by Gasteiger charge is 2.56. The van der Waals surface area contributed by atoms with Crippen molar-refractivity contribution >= 4 is 41.0 Å². The number of phenols is 1. The second-order valence-electron chi connectivity index (χ2n) is 9.40. The number of fused-ring (bicyclic) bond motifs is 3. The number of hydrogen-bond acceptors (Lipinski definition) is 6. The van der Waals surface area contributed by atoms with Gasteiger partial charge in [-0.1, -0.05) is 23.3 Å². The maximum Gasteiger partial charge on any atom is 0.305 e. The molecule has 35 heavy (non-hydrogen) atoms. The molecule has 4 aliphatic rings. The lowest BCUT2D eigenvalue weighted by Crippen LogP contribution is -2.40. The van der Waals surface area contributed by atoms with Gasteiger partial charge >= 0.3 is 5.97 Å². The molecule has 0 radical (unpaired) electrons. The molecular formula is C26H22ClNO7. The van der Waals surface area contributed by atoms with Crippen LogP contribution in [0.15, 0.2) is 52.6 Å². The van der Waals surface area contributed by atoms with Gasteiger partial charge in [0.15, 0.2) is 11.6 Å². The third kappa shape index (κ3) is 3.55. The Hall–Kier alpha value is -3.52. The lowest BCUT2D eigenvalue weighted by molar-refractivity contribution is -0.142. The molecule has 8 nitrogen and oxygen atoms in total. The molecule has 1 aliphatic heterocycles. The Labute approximate surface area is 205 Å². The van der Waals surface area contributed by atoms with Gasteiger partial charge in [0.2, 0.25) is 11.8 Å². The molecule has 5 rings (SSSR count). The van der Waals surface area contributed by atoms with Crippen LogP contribution >= 0.6 is 11.6 Å². The fraction of sp³-hybridized carbons (Fsp3) is 0.346. The summed E-state index contributed by atoms with van der Waals surface area (Å²) in [5.74, 6) is -5.50. The second-order valence-corrected chi connectivity index (χ2v) is 9.84. The molecule has 1 heterocycles. The number of Topliss-reactive ketones (excluding diaryl/α,β-unsaturated/α-hetero) is 1. The van der Waals surface area contributed by atoms with Gasteiger partial charge in [0.1, 0.15) is 5.75 Å². The molecule has 3 aliphatic carbocycles. The molecule has 1 saturated heterocycles. The molecule has 2 N–H and O–H groups in total. The normalized spacial score (nSPS) is 27.9. The number of carbonyl (C=O) groups is 5. The van der Waals surface area contributed by atoms with E-state index in [4.69, 9.17) is 16.7 Å². The van der Waals surface area contributed by atoms with Crippen LogP contribution in [-0.2, 0) is 24.0 Å². The average molecular weight is 496 g/mol. The largest absolute Gasteiger partial charge is 0.508 e. The molecule has 0 aromatic heterocycles. The van der Waals surface area contributed by atoms with Crippen LogP contribution in [0.2, 0.25) is 5.02 Å². The zero-order valence-electron chi connectivity index (χ0n) is 18.8. The maximum absolute atomic E-state index is 13.4. The highest BCUT2D eigenvalue weighted by molar-refractivity contribution is 6.30. The predicted octanol–water partition coefficient (Wildman–Crippen LogP) is 2.95. The Morgan fingerprint density at radius 1 is 1.14 bits per heavy atom. The smallest absolute Gasteiger partial charge is 0.305 e. The highest BCUT2D eigenvalue weighted by Crippen LogP contribution is 2.56. The summed E-state index contributed by atoms with van der Waals surface area (Å²) in [4.78, 5) is 64.8. The average Bonchev–Trinajstić information content (AvgIpc) is 3.06. The van der Waals surface area contributed by atoms with Gasteiger partial charge in [0, 0.05) is 39.8 Å². The lowest BCUT2D eigenvalue weighted by Gasteiger charge is -2.42. The summed E-state index contributed by atoms with van der Waals surface area (Å²) >= 11 is 6.22. The van der Waals surface area contributed by atoms with E-state index in [1.54, 1.807) is 13.0 Å². The van der Waals surface area contributed by atoms with Gasteiger partial charge in [-0.3, -0.25) is 28.9 Å². The quantitative estimate of drug-likeness (QED) is 0.373. The number of hydrogen-bond donors (Lipinski definition) is 2. The van der Waals surface area contributed by atoms with Crippen LogP contribution in [0.5, 0.6) is 5.75 Å². The summed E-state index contributed by atoms with van der Waals surface area (Å²) in [5, 5.41) is 20.1. The van der Waals surface area contributed by atoms with E-state index in [2.05, 4.69) is 0 Å². The van der Waals surface area contributed by atoms with Gasteiger partial charge in [0.05, 0.1) is 18.3 Å². The number of allylic oxidation sites excluding steroid dienone is 6. The number of ketones is 2. The van der Waals surface area contributed by atoms with Crippen LogP contribution in [0.1, 0.15) is 37.7 Å². The summed E-state index contributed by atoms with van der Waals surface area (Å²) < 4.78 is 0. The fourth-order valence-corrected chi connectivity index (χ4v) is 6.17. The van der Waals surface area contributed by atoms with Gasteiger partial charge in [-0.2, -0.15) is 0 Å². The highest BCUT2D eigenvalue weighted by atomic mass is 35.5. The van der Waals surface area contributed by atoms with E-state index in [-0.39, 0.29) is 54.3 Å². The SMILES string of the molecule is CC1=CC(=O)C2=C(C[C@@H]3C(=CC[C@@H]4C(=O)N(CCC(=O)O)C(=O)[C@@H]43)[C@@H]2c2cc(Cl)ccc2O)C1=O. The Morgan fingerprint density at radius 3 is 2.60 bits per heavy atom. The Bertz CT molecular complexity index is 1320. The van der Waals surface area contributed by atoms with Crippen molar-refractivity contribution in [2.24, 2.45) is 17.8 Å². The van der Waals surface area contributed by atoms with Gasteiger partial charge in [-0.25, -0.2) is 0 Å². The van der Waals surface area contributed by atoms with Gasteiger partial charge in [-0.05, 0) is 50.0 Å². The van der Waals surface area contributed by atoms with Crippen molar-refractivity contribution in [3.63, 3.8) is 0 Å². The number of aromatic hydroxyl groups is 1. The predicted molar refractivity (Wildman–Crippen MR) is 123 cm³/mol. The van der Waals surface area contributed by atoms with Gasteiger partial charge in [0.25, 0.3) is 0 Å². The van der Waals surface area contributed by atoms with E-state index >= 15 is 0 Å². The number of carboxylic acids is 1. The summed E-state index contributed by atoms with van der Waals surface area (Å²) in [6, 6.07) is 4.48. The Kier molecular flexibility index (Phi) is 5.51. The first-order valence-corrected chi connectivity index (χ1v) is 11.7. The van der Waals surface area contributed by atoms with Gasteiger partial charge in [-0.15, -0.1) is 0 Å². The van der Waals surface area contributed by atoms with Crippen molar-refractivity contribution in [1.82, 2.24) is 4.90 Å². The summed E-state index contributed by atoms with van der Waals surface area (Å²) in [6.45, 7) is 1.34. The monoisotopic (exact) mass is 495 g/mol. The molecule has 1 fully saturated rings. The number of benzene rings is 1. The summed E-state index contributed by atoms with van der Waals surface area (Å²) in [7, 11) is 0. The van der Waals surface area contributed by atoms with Crippen molar-refractivity contribution in [2.45, 2.75) is 32.1 Å². The summed E-state index contributed by atoms with van der Waals surface area (Å²) in [6.07, 6.45) is 3.12. The van der Waals surface area contributed by atoms with E-state index < -0.39 is 41.5 Å². The Balaban J connectivity index is 1.65. The van der Waals surface area contributed by atoms with Crippen molar-refractivity contribution in [2.75, 3.05) is 6.54 Å². The lowest BCUT2D eigenvalue weighted by atomic mass is 9.59. The molecule has 0 bridgehead atoms. The fourth-order valence-electron chi connectivity index (χ4n) is 5.99. The minimum atomic E-state index is -1.11. The molecule has 0 unspecified atom stereocenters. The molecule has 2 amide bonds. The standard InChI is InChI=1S/C26H22ClNO7/c1-11-8-19(30)23-17(24(11)33)10-15-13(21(23)16-9-12(27)2-5-18(16)29)3-4-14-22(15)26(35)28(25(14)34)7-6-20(31)32/h2-3,5,8-9,14-15,21-22,29H,4,6-7,10H2,1H3,(H,31,32)/t14-,15+,21+,22-/m0/s1. The molecule has 1 aromatic rings. The first-order chi connectivity index (χ1) is 16.6. The number of phenolic OH excluding ortho intramolecular Hbond substituents is 1. The molecule has 180 valence electrons.